The van der Waals surface area contributed by atoms with Crippen molar-refractivity contribution in [2.45, 2.75) is 49.9 Å². The van der Waals surface area contributed by atoms with Gasteiger partial charge in [0.1, 0.15) is 0 Å². The van der Waals surface area contributed by atoms with Crippen molar-refractivity contribution >= 4 is 11.8 Å². The minimum Gasteiger partial charge on any atom is -0.311 e. The van der Waals surface area contributed by atoms with Crippen molar-refractivity contribution in [3.05, 3.63) is 0 Å². The third kappa shape index (κ3) is 2.89. The van der Waals surface area contributed by atoms with E-state index in [1.54, 1.807) is 0 Å². The lowest BCUT2D eigenvalue weighted by atomic mass is 10.1. The highest BCUT2D eigenvalue weighted by molar-refractivity contribution is 7.99. The number of nitrogens with zero attached hydrogens (tertiary/aromatic N) is 1. The van der Waals surface area contributed by atoms with Crippen LogP contribution < -0.4 is 5.32 Å². The Morgan fingerprint density at radius 2 is 2.27 bits per heavy atom. The van der Waals surface area contributed by atoms with E-state index in [0.717, 1.165) is 17.3 Å². The number of rotatable bonds is 3. The van der Waals surface area contributed by atoms with E-state index in [9.17, 15) is 0 Å². The molecule has 0 bridgehead atoms. The molecule has 1 saturated heterocycles. The standard InChI is InChI=1S/C12H24N2S/c1-3-10-9-14(7-6-13-10)11-4-5-12(8-11)15-2/h10-13H,3-9H2,1-2H3. The molecule has 0 aromatic heterocycles. The Hall–Kier alpha value is 0.270. The number of hydrogen-bond donors (Lipinski definition) is 1. The lowest BCUT2D eigenvalue weighted by Crippen LogP contribution is -2.53. The van der Waals surface area contributed by atoms with Crippen LogP contribution in [0.1, 0.15) is 32.6 Å². The summed E-state index contributed by atoms with van der Waals surface area (Å²) in [6.45, 7) is 6.03. The predicted molar refractivity (Wildman–Crippen MR) is 68.6 cm³/mol. The third-order valence-electron chi connectivity index (χ3n) is 3.99. The largest absolute Gasteiger partial charge is 0.311 e. The molecule has 0 amide bonds. The molecule has 3 atom stereocenters. The van der Waals surface area contributed by atoms with Gasteiger partial charge in [-0.05, 0) is 31.9 Å². The molecule has 2 fully saturated rings. The molecule has 88 valence electrons. The van der Waals surface area contributed by atoms with Gasteiger partial charge < -0.3 is 5.32 Å². The van der Waals surface area contributed by atoms with E-state index in [1.807, 2.05) is 0 Å². The Morgan fingerprint density at radius 1 is 1.40 bits per heavy atom. The molecular weight excluding hydrogens is 204 g/mol. The van der Waals surface area contributed by atoms with Crippen LogP contribution in [0.2, 0.25) is 0 Å². The van der Waals surface area contributed by atoms with Crippen LogP contribution in [0.15, 0.2) is 0 Å². The molecule has 2 aliphatic rings. The molecule has 2 nitrogen and oxygen atoms in total. The second-order valence-electron chi connectivity index (χ2n) is 4.88. The molecule has 15 heavy (non-hydrogen) atoms. The molecule has 3 heteroatoms. The van der Waals surface area contributed by atoms with E-state index in [2.05, 4.69) is 35.2 Å². The topological polar surface area (TPSA) is 15.3 Å². The summed E-state index contributed by atoms with van der Waals surface area (Å²) in [6, 6.07) is 1.63. The van der Waals surface area contributed by atoms with Crippen LogP contribution in [0.5, 0.6) is 0 Å². The SMILES string of the molecule is CCC1CN(C2CCC(SC)C2)CCN1. The van der Waals surface area contributed by atoms with E-state index in [4.69, 9.17) is 0 Å². The van der Waals surface area contributed by atoms with Crippen molar-refractivity contribution in [2.75, 3.05) is 25.9 Å². The summed E-state index contributed by atoms with van der Waals surface area (Å²) < 4.78 is 0. The summed E-state index contributed by atoms with van der Waals surface area (Å²) in [4.78, 5) is 2.74. The highest BCUT2D eigenvalue weighted by atomic mass is 32.2. The summed E-state index contributed by atoms with van der Waals surface area (Å²) in [5.74, 6) is 0. The summed E-state index contributed by atoms with van der Waals surface area (Å²) in [6.07, 6.45) is 7.83. The lowest BCUT2D eigenvalue weighted by Gasteiger charge is -2.37. The van der Waals surface area contributed by atoms with Crippen LogP contribution in [0.3, 0.4) is 0 Å². The minimum atomic E-state index is 0.743. The Balaban J connectivity index is 1.83. The summed E-state index contributed by atoms with van der Waals surface area (Å²) >= 11 is 2.06. The zero-order chi connectivity index (χ0) is 10.7. The quantitative estimate of drug-likeness (QED) is 0.795. The molecule has 1 heterocycles. The summed E-state index contributed by atoms with van der Waals surface area (Å²) in [5, 5.41) is 4.54. The van der Waals surface area contributed by atoms with Crippen LogP contribution in [0.4, 0.5) is 0 Å². The fourth-order valence-electron chi connectivity index (χ4n) is 2.92. The monoisotopic (exact) mass is 228 g/mol. The number of hydrogen-bond acceptors (Lipinski definition) is 3. The molecule has 0 radical (unpaired) electrons. The molecule has 2 rings (SSSR count). The average Bonchev–Trinajstić information content (AvgIpc) is 2.78. The maximum Gasteiger partial charge on any atom is 0.0193 e. The Kier molecular flexibility index (Phi) is 4.35. The first-order valence-electron chi connectivity index (χ1n) is 6.33. The fraction of sp³-hybridized carbons (Fsp3) is 1.00. The Morgan fingerprint density at radius 3 is 2.93 bits per heavy atom. The molecule has 1 N–H and O–H groups in total. The van der Waals surface area contributed by atoms with Gasteiger partial charge in [0.25, 0.3) is 0 Å². The first-order valence-corrected chi connectivity index (χ1v) is 7.62. The lowest BCUT2D eigenvalue weighted by molar-refractivity contribution is 0.144. The second kappa shape index (κ2) is 5.55. The van der Waals surface area contributed by atoms with Gasteiger partial charge in [0.05, 0.1) is 0 Å². The van der Waals surface area contributed by atoms with Gasteiger partial charge in [0.2, 0.25) is 0 Å². The first-order chi connectivity index (χ1) is 7.33. The molecule has 1 saturated carbocycles. The minimum absolute atomic E-state index is 0.743. The van der Waals surface area contributed by atoms with Crippen molar-refractivity contribution in [3.8, 4) is 0 Å². The highest BCUT2D eigenvalue weighted by Gasteiger charge is 2.31. The number of nitrogens with one attached hydrogen (secondary N) is 1. The maximum atomic E-state index is 3.60. The van der Waals surface area contributed by atoms with Gasteiger partial charge in [-0.1, -0.05) is 6.92 Å². The molecule has 0 spiro atoms. The number of thioether (sulfide) groups is 1. The van der Waals surface area contributed by atoms with E-state index in [0.29, 0.717) is 0 Å². The van der Waals surface area contributed by atoms with E-state index >= 15 is 0 Å². The van der Waals surface area contributed by atoms with Crippen LogP contribution in [0.25, 0.3) is 0 Å². The smallest absolute Gasteiger partial charge is 0.0193 e. The Bertz CT molecular complexity index is 198. The van der Waals surface area contributed by atoms with Crippen molar-refractivity contribution in [3.63, 3.8) is 0 Å². The highest BCUT2D eigenvalue weighted by Crippen LogP contribution is 2.31. The normalized spacial score (nSPS) is 38.4. The number of piperazine rings is 1. The van der Waals surface area contributed by atoms with Crippen molar-refractivity contribution in [2.24, 2.45) is 0 Å². The van der Waals surface area contributed by atoms with Gasteiger partial charge in [0.15, 0.2) is 0 Å². The first kappa shape index (κ1) is 11.7. The molecule has 0 aromatic rings. The van der Waals surface area contributed by atoms with E-state index in [-0.39, 0.29) is 0 Å². The van der Waals surface area contributed by atoms with Gasteiger partial charge in [0, 0.05) is 37.0 Å². The molecule has 3 unspecified atom stereocenters. The van der Waals surface area contributed by atoms with Crippen LogP contribution >= 0.6 is 11.8 Å². The molecule has 0 aromatic carbocycles. The van der Waals surface area contributed by atoms with Crippen molar-refractivity contribution in [1.82, 2.24) is 10.2 Å². The summed E-state index contributed by atoms with van der Waals surface area (Å²) in [5.41, 5.74) is 0. The van der Waals surface area contributed by atoms with Gasteiger partial charge >= 0.3 is 0 Å². The van der Waals surface area contributed by atoms with Gasteiger partial charge in [-0.2, -0.15) is 11.8 Å². The van der Waals surface area contributed by atoms with E-state index < -0.39 is 0 Å². The molecule has 1 aliphatic carbocycles. The molecule has 1 aliphatic heterocycles. The van der Waals surface area contributed by atoms with Crippen molar-refractivity contribution < 1.29 is 0 Å². The molecular formula is C12H24N2S. The maximum absolute atomic E-state index is 3.60. The zero-order valence-corrected chi connectivity index (χ0v) is 10.9. The predicted octanol–water partition coefficient (Wildman–Crippen LogP) is 1.95. The van der Waals surface area contributed by atoms with Gasteiger partial charge in [-0.15, -0.1) is 0 Å². The van der Waals surface area contributed by atoms with Crippen LogP contribution in [-0.2, 0) is 0 Å². The zero-order valence-electron chi connectivity index (χ0n) is 10.0. The van der Waals surface area contributed by atoms with Gasteiger partial charge in [-0.25, -0.2) is 0 Å². The summed E-state index contributed by atoms with van der Waals surface area (Å²) in [7, 11) is 0. The second-order valence-corrected chi connectivity index (χ2v) is 6.02. The van der Waals surface area contributed by atoms with Gasteiger partial charge in [-0.3, -0.25) is 4.90 Å². The fourth-order valence-corrected chi connectivity index (χ4v) is 3.71. The van der Waals surface area contributed by atoms with Crippen LogP contribution in [0, 0.1) is 0 Å². The van der Waals surface area contributed by atoms with E-state index in [1.165, 1.54) is 45.3 Å². The Labute approximate surface area is 98.2 Å². The third-order valence-corrected chi connectivity index (χ3v) is 5.08. The van der Waals surface area contributed by atoms with Crippen LogP contribution in [-0.4, -0.2) is 48.1 Å². The van der Waals surface area contributed by atoms with Crippen molar-refractivity contribution in [1.29, 1.82) is 0 Å². The average molecular weight is 228 g/mol.